The van der Waals surface area contributed by atoms with E-state index >= 15 is 0 Å². The number of ketones is 2. The minimum Gasteiger partial charge on any atom is -0.504 e. The van der Waals surface area contributed by atoms with Gasteiger partial charge >= 0.3 is 0 Å². The van der Waals surface area contributed by atoms with Crippen LogP contribution in [0.3, 0.4) is 0 Å². The number of nitrogens with two attached hydrogens (primary N) is 2. The van der Waals surface area contributed by atoms with Gasteiger partial charge < -0.3 is 21.7 Å². The Bertz CT molecular complexity index is 795. The Hall–Kier alpha value is -3.35. The second kappa shape index (κ2) is 5.57. The van der Waals surface area contributed by atoms with E-state index in [9.17, 15) is 19.8 Å². The second-order valence-electron chi connectivity index (χ2n) is 4.52. The van der Waals surface area contributed by atoms with Gasteiger partial charge in [0.15, 0.2) is 29.0 Å². The van der Waals surface area contributed by atoms with Crippen LogP contribution in [0, 0.1) is 5.41 Å². The Balaban J connectivity index is 0.000000396. The van der Waals surface area contributed by atoms with Crippen molar-refractivity contribution in [3.63, 3.8) is 0 Å². The molecule has 0 atom stereocenters. The minimum absolute atomic E-state index is 0.119. The number of aromatic hydroxyl groups is 2. The van der Waals surface area contributed by atoms with Gasteiger partial charge in [-0.1, -0.05) is 24.3 Å². The molecule has 0 heterocycles. The van der Waals surface area contributed by atoms with Gasteiger partial charge in [-0.15, -0.1) is 0 Å². The van der Waals surface area contributed by atoms with E-state index in [4.69, 9.17) is 5.41 Å². The van der Waals surface area contributed by atoms with E-state index in [1.54, 1.807) is 18.2 Å². The van der Waals surface area contributed by atoms with Gasteiger partial charge in [0.25, 0.3) is 0 Å². The van der Waals surface area contributed by atoms with Crippen LogP contribution in [0.2, 0.25) is 0 Å². The van der Waals surface area contributed by atoms with Crippen LogP contribution < -0.4 is 11.5 Å². The maximum atomic E-state index is 12.2. The van der Waals surface area contributed by atoms with Crippen molar-refractivity contribution in [2.75, 3.05) is 0 Å². The Morgan fingerprint density at radius 2 is 1.36 bits per heavy atom. The molecule has 0 spiro atoms. The molecule has 1 aliphatic carbocycles. The summed E-state index contributed by atoms with van der Waals surface area (Å²) >= 11 is 0. The average molecular weight is 299 g/mol. The number of carbonyl (C=O) groups excluding carboxylic acids is 2. The molecule has 0 amide bonds. The van der Waals surface area contributed by atoms with Crippen LogP contribution in [-0.2, 0) is 0 Å². The number of nitrogens with one attached hydrogen (secondary N) is 1. The molecule has 3 rings (SSSR count). The molecule has 0 aromatic heterocycles. The van der Waals surface area contributed by atoms with Crippen molar-refractivity contribution in [1.82, 2.24) is 0 Å². The summed E-state index contributed by atoms with van der Waals surface area (Å²) in [5.74, 6) is -2.06. The van der Waals surface area contributed by atoms with E-state index in [2.05, 4.69) is 11.5 Å². The molecule has 0 fully saturated rings. The lowest BCUT2D eigenvalue weighted by molar-refractivity contribution is 0.0976. The van der Waals surface area contributed by atoms with Crippen LogP contribution in [0.25, 0.3) is 0 Å². The molecule has 0 saturated carbocycles. The highest BCUT2D eigenvalue weighted by molar-refractivity contribution is 6.29. The van der Waals surface area contributed by atoms with E-state index in [0.717, 1.165) is 0 Å². The van der Waals surface area contributed by atoms with E-state index in [-0.39, 0.29) is 28.4 Å². The number of fused-ring (bicyclic) bond motifs is 2. The van der Waals surface area contributed by atoms with Gasteiger partial charge in [0.1, 0.15) is 0 Å². The number of phenolic OH excluding ortho intramolecular Hbond substituents is 2. The zero-order chi connectivity index (χ0) is 16.4. The molecule has 7 heteroatoms. The summed E-state index contributed by atoms with van der Waals surface area (Å²) in [6.45, 7) is 0. The third kappa shape index (κ3) is 2.47. The Labute approximate surface area is 125 Å². The first-order valence-corrected chi connectivity index (χ1v) is 6.17. The highest BCUT2D eigenvalue weighted by atomic mass is 16.3. The molecule has 1 aliphatic rings. The van der Waals surface area contributed by atoms with Crippen molar-refractivity contribution < 1.29 is 19.8 Å². The summed E-state index contributed by atoms with van der Waals surface area (Å²) < 4.78 is 0. The van der Waals surface area contributed by atoms with Gasteiger partial charge in [0.2, 0.25) is 0 Å². The Morgan fingerprint density at radius 3 is 1.91 bits per heavy atom. The van der Waals surface area contributed by atoms with Crippen LogP contribution in [-0.4, -0.2) is 27.7 Å². The summed E-state index contributed by atoms with van der Waals surface area (Å²) in [5, 5.41) is 25.2. The standard InChI is InChI=1S/C14H8O4.CH5N3/c15-10-6-5-9-11(14(10)18)13(17)8-4-2-1-3-7(8)12(9)16;2-1(3)4/h1-6,15,18H;(H5,2,3,4). The quantitative estimate of drug-likeness (QED) is 0.234. The molecule has 2 aromatic rings. The van der Waals surface area contributed by atoms with E-state index < -0.39 is 17.3 Å². The summed E-state index contributed by atoms with van der Waals surface area (Å²) in [5.41, 5.74) is 9.50. The monoisotopic (exact) mass is 299 g/mol. The van der Waals surface area contributed by atoms with Gasteiger partial charge in [-0.2, -0.15) is 0 Å². The first-order chi connectivity index (χ1) is 10.3. The number of carbonyl (C=O) groups is 2. The highest BCUT2D eigenvalue weighted by Gasteiger charge is 2.32. The van der Waals surface area contributed by atoms with E-state index in [0.29, 0.717) is 5.56 Å². The third-order valence-electron chi connectivity index (χ3n) is 3.04. The molecule has 0 radical (unpaired) electrons. The second-order valence-corrected chi connectivity index (χ2v) is 4.52. The molecular formula is C15H13N3O4. The SMILES string of the molecule is N=C(N)N.O=C1c2ccccc2C(=O)c2c1ccc(O)c2O. The molecule has 112 valence electrons. The fourth-order valence-electron chi connectivity index (χ4n) is 2.16. The Kier molecular flexibility index (Phi) is 3.81. The van der Waals surface area contributed by atoms with Crippen molar-refractivity contribution in [1.29, 1.82) is 5.41 Å². The first-order valence-electron chi connectivity index (χ1n) is 6.17. The van der Waals surface area contributed by atoms with Crippen molar-refractivity contribution in [2.24, 2.45) is 11.5 Å². The van der Waals surface area contributed by atoms with Gasteiger partial charge in [0, 0.05) is 16.7 Å². The Morgan fingerprint density at radius 1 is 0.864 bits per heavy atom. The lowest BCUT2D eigenvalue weighted by atomic mass is 9.83. The third-order valence-corrected chi connectivity index (χ3v) is 3.04. The van der Waals surface area contributed by atoms with Crippen molar-refractivity contribution in [2.45, 2.75) is 0 Å². The number of benzene rings is 2. The number of hydrogen-bond acceptors (Lipinski definition) is 5. The van der Waals surface area contributed by atoms with Crippen molar-refractivity contribution in [3.05, 3.63) is 58.7 Å². The highest BCUT2D eigenvalue weighted by Crippen LogP contribution is 2.37. The predicted molar refractivity (Wildman–Crippen MR) is 79.2 cm³/mol. The molecular weight excluding hydrogens is 286 g/mol. The molecule has 22 heavy (non-hydrogen) atoms. The molecule has 7 N–H and O–H groups in total. The number of guanidine groups is 1. The topological polar surface area (TPSA) is 150 Å². The summed E-state index contributed by atoms with van der Waals surface area (Å²) in [7, 11) is 0. The molecule has 0 bridgehead atoms. The maximum absolute atomic E-state index is 12.2. The first kappa shape index (κ1) is 15.0. The normalized spacial score (nSPS) is 11.8. The van der Waals surface area contributed by atoms with Gasteiger partial charge in [-0.3, -0.25) is 15.0 Å². The molecule has 0 saturated heterocycles. The van der Waals surface area contributed by atoms with Gasteiger partial charge in [-0.05, 0) is 12.1 Å². The summed E-state index contributed by atoms with van der Waals surface area (Å²) in [6, 6.07) is 8.97. The van der Waals surface area contributed by atoms with Crippen molar-refractivity contribution >= 4 is 17.5 Å². The summed E-state index contributed by atoms with van der Waals surface area (Å²) in [6.07, 6.45) is 0. The predicted octanol–water partition coefficient (Wildman–Crippen LogP) is 0.712. The fourth-order valence-corrected chi connectivity index (χ4v) is 2.16. The van der Waals surface area contributed by atoms with Crippen LogP contribution in [0.5, 0.6) is 11.5 Å². The number of hydrogen-bond donors (Lipinski definition) is 5. The molecule has 0 unspecified atom stereocenters. The van der Waals surface area contributed by atoms with E-state index in [1.165, 1.54) is 18.2 Å². The fraction of sp³-hybridized carbons (Fsp3) is 0. The number of rotatable bonds is 0. The summed E-state index contributed by atoms with van der Waals surface area (Å²) in [4.78, 5) is 24.4. The largest absolute Gasteiger partial charge is 0.504 e. The molecule has 7 nitrogen and oxygen atoms in total. The molecule has 2 aromatic carbocycles. The van der Waals surface area contributed by atoms with Gasteiger partial charge in [0.05, 0.1) is 5.56 Å². The van der Waals surface area contributed by atoms with E-state index in [1.807, 2.05) is 0 Å². The van der Waals surface area contributed by atoms with Crippen LogP contribution in [0.4, 0.5) is 0 Å². The molecule has 0 aliphatic heterocycles. The zero-order valence-electron chi connectivity index (χ0n) is 11.3. The minimum atomic E-state index is -0.541. The zero-order valence-corrected chi connectivity index (χ0v) is 11.3. The van der Waals surface area contributed by atoms with Crippen LogP contribution in [0.1, 0.15) is 31.8 Å². The van der Waals surface area contributed by atoms with Crippen molar-refractivity contribution in [3.8, 4) is 11.5 Å². The average Bonchev–Trinajstić information content (AvgIpc) is 2.47. The van der Waals surface area contributed by atoms with Gasteiger partial charge in [-0.25, -0.2) is 0 Å². The smallest absolute Gasteiger partial charge is 0.198 e. The van der Waals surface area contributed by atoms with Crippen LogP contribution >= 0.6 is 0 Å². The number of phenols is 2. The van der Waals surface area contributed by atoms with Crippen LogP contribution in [0.15, 0.2) is 36.4 Å². The lowest BCUT2D eigenvalue weighted by Crippen LogP contribution is -2.20. The lowest BCUT2D eigenvalue weighted by Gasteiger charge is -2.18. The maximum Gasteiger partial charge on any atom is 0.198 e.